The predicted molar refractivity (Wildman–Crippen MR) is 62.9 cm³/mol. The van der Waals surface area contributed by atoms with Gasteiger partial charge < -0.3 is 4.57 Å². The van der Waals surface area contributed by atoms with Crippen LogP contribution in [0.1, 0.15) is 16.2 Å². The van der Waals surface area contributed by atoms with E-state index in [1.807, 2.05) is 0 Å². The van der Waals surface area contributed by atoms with Crippen molar-refractivity contribution in [3.8, 4) is 0 Å². The second-order valence-electron chi connectivity index (χ2n) is 3.50. The monoisotopic (exact) mass is 251 g/mol. The fourth-order valence-electron chi connectivity index (χ4n) is 1.33. The molecule has 2 aromatic rings. The van der Waals surface area contributed by atoms with Crippen LogP contribution in [0, 0.1) is 6.92 Å². The number of hydrogen-bond acceptors (Lipinski definition) is 4. The molecule has 2 rings (SSSR count). The number of anilines is 1. The van der Waals surface area contributed by atoms with Gasteiger partial charge in [-0.05, 0) is 13.0 Å². The molecule has 0 unspecified atom stereocenters. The van der Waals surface area contributed by atoms with Gasteiger partial charge in [-0.25, -0.2) is 15.0 Å². The SMILES string of the molecule is Cc1cc(Cl)nc(NC(=O)c2cncn2C)n1. The van der Waals surface area contributed by atoms with Crippen LogP contribution in [-0.4, -0.2) is 25.4 Å². The predicted octanol–water partition coefficient (Wildman–Crippen LogP) is 1.42. The number of aryl methyl sites for hydroxylation is 2. The Labute approximate surface area is 103 Å². The summed E-state index contributed by atoms with van der Waals surface area (Å²) < 4.78 is 1.60. The molecule has 0 atom stereocenters. The molecule has 1 amide bonds. The minimum absolute atomic E-state index is 0.182. The number of hydrogen-bond donors (Lipinski definition) is 1. The van der Waals surface area contributed by atoms with Crippen molar-refractivity contribution in [3.63, 3.8) is 0 Å². The average Bonchev–Trinajstić information content (AvgIpc) is 2.62. The van der Waals surface area contributed by atoms with Gasteiger partial charge in [0, 0.05) is 12.7 Å². The molecular weight excluding hydrogens is 242 g/mol. The Hall–Kier alpha value is -1.95. The maximum absolute atomic E-state index is 11.8. The Kier molecular flexibility index (Phi) is 3.06. The summed E-state index contributed by atoms with van der Waals surface area (Å²) >= 11 is 5.77. The highest BCUT2D eigenvalue weighted by Gasteiger charge is 2.11. The number of nitrogens with zero attached hydrogens (tertiary/aromatic N) is 4. The Balaban J connectivity index is 2.21. The zero-order valence-electron chi connectivity index (χ0n) is 9.31. The van der Waals surface area contributed by atoms with Crippen LogP contribution in [0.5, 0.6) is 0 Å². The molecule has 0 aromatic carbocycles. The second kappa shape index (κ2) is 4.50. The molecule has 6 nitrogen and oxygen atoms in total. The largest absolute Gasteiger partial charge is 0.330 e. The lowest BCUT2D eigenvalue weighted by molar-refractivity contribution is 0.101. The molecule has 0 spiro atoms. The first-order chi connectivity index (χ1) is 8.06. The number of carbonyl (C=O) groups is 1. The van der Waals surface area contributed by atoms with E-state index < -0.39 is 0 Å². The topological polar surface area (TPSA) is 72.7 Å². The van der Waals surface area contributed by atoms with Gasteiger partial charge in [0.25, 0.3) is 5.91 Å². The summed E-state index contributed by atoms with van der Waals surface area (Å²) in [6, 6.07) is 1.61. The molecule has 17 heavy (non-hydrogen) atoms. The van der Waals surface area contributed by atoms with Crippen molar-refractivity contribution >= 4 is 23.5 Å². The summed E-state index contributed by atoms with van der Waals surface area (Å²) in [5, 5.41) is 2.85. The van der Waals surface area contributed by atoms with Gasteiger partial charge in [-0.2, -0.15) is 0 Å². The number of carbonyl (C=O) groups excluding carboxylic acids is 1. The third-order valence-corrected chi connectivity index (χ3v) is 2.29. The smallest absolute Gasteiger partial charge is 0.276 e. The zero-order valence-corrected chi connectivity index (χ0v) is 10.1. The van der Waals surface area contributed by atoms with Crippen molar-refractivity contribution in [2.24, 2.45) is 7.05 Å². The third kappa shape index (κ3) is 2.59. The lowest BCUT2D eigenvalue weighted by atomic mass is 10.4. The van der Waals surface area contributed by atoms with Crippen molar-refractivity contribution in [3.05, 3.63) is 35.1 Å². The Bertz CT molecular complexity index is 545. The van der Waals surface area contributed by atoms with Crippen LogP contribution >= 0.6 is 11.6 Å². The van der Waals surface area contributed by atoms with E-state index in [-0.39, 0.29) is 17.0 Å². The van der Waals surface area contributed by atoms with Crippen LogP contribution < -0.4 is 5.32 Å². The van der Waals surface area contributed by atoms with Crippen LogP contribution in [0.15, 0.2) is 18.6 Å². The maximum atomic E-state index is 11.8. The van der Waals surface area contributed by atoms with E-state index in [2.05, 4.69) is 20.3 Å². The summed E-state index contributed by atoms with van der Waals surface area (Å²) in [5.41, 5.74) is 1.11. The van der Waals surface area contributed by atoms with Gasteiger partial charge in [0.05, 0.1) is 12.5 Å². The van der Waals surface area contributed by atoms with Crippen molar-refractivity contribution in [1.82, 2.24) is 19.5 Å². The van der Waals surface area contributed by atoms with Gasteiger partial charge in [-0.3, -0.25) is 10.1 Å². The van der Waals surface area contributed by atoms with Crippen LogP contribution in [0.2, 0.25) is 5.15 Å². The van der Waals surface area contributed by atoms with Crippen molar-refractivity contribution in [2.45, 2.75) is 6.92 Å². The lowest BCUT2D eigenvalue weighted by Gasteiger charge is -2.04. The van der Waals surface area contributed by atoms with E-state index in [1.165, 1.54) is 6.20 Å². The molecule has 7 heteroatoms. The lowest BCUT2D eigenvalue weighted by Crippen LogP contribution is -2.17. The molecule has 0 radical (unpaired) electrons. The first kappa shape index (κ1) is 11.5. The molecule has 0 aliphatic heterocycles. The van der Waals surface area contributed by atoms with Gasteiger partial charge in [0.15, 0.2) is 0 Å². The fourth-order valence-corrected chi connectivity index (χ4v) is 1.57. The zero-order chi connectivity index (χ0) is 12.4. The number of rotatable bonds is 2. The first-order valence-electron chi connectivity index (χ1n) is 4.85. The number of amides is 1. The van der Waals surface area contributed by atoms with Crippen LogP contribution in [0.3, 0.4) is 0 Å². The molecule has 2 aromatic heterocycles. The summed E-state index contributed by atoms with van der Waals surface area (Å²) in [5.74, 6) is -0.145. The summed E-state index contributed by atoms with van der Waals surface area (Å²) in [6.45, 7) is 1.77. The first-order valence-corrected chi connectivity index (χ1v) is 5.23. The molecule has 0 aliphatic carbocycles. The Morgan fingerprint density at radius 1 is 1.47 bits per heavy atom. The van der Waals surface area contributed by atoms with E-state index in [9.17, 15) is 4.79 Å². The number of nitrogens with one attached hydrogen (secondary N) is 1. The fraction of sp³-hybridized carbons (Fsp3) is 0.200. The number of aromatic nitrogens is 4. The summed E-state index contributed by atoms with van der Waals surface area (Å²) in [4.78, 5) is 23.6. The minimum atomic E-state index is -0.327. The molecule has 0 fully saturated rings. The van der Waals surface area contributed by atoms with Gasteiger partial charge in [0.1, 0.15) is 10.8 Å². The number of halogens is 1. The molecule has 1 N–H and O–H groups in total. The van der Waals surface area contributed by atoms with Crippen molar-refractivity contribution in [1.29, 1.82) is 0 Å². The quantitative estimate of drug-likeness (QED) is 0.820. The molecule has 0 aliphatic rings. The normalized spacial score (nSPS) is 10.3. The molecule has 2 heterocycles. The van der Waals surface area contributed by atoms with E-state index in [4.69, 9.17) is 11.6 Å². The van der Waals surface area contributed by atoms with Gasteiger partial charge >= 0.3 is 0 Å². The van der Waals surface area contributed by atoms with Gasteiger partial charge in [-0.15, -0.1) is 0 Å². The average molecular weight is 252 g/mol. The third-order valence-electron chi connectivity index (χ3n) is 2.10. The number of imidazole rings is 1. The van der Waals surface area contributed by atoms with Crippen molar-refractivity contribution in [2.75, 3.05) is 5.32 Å². The highest BCUT2D eigenvalue weighted by atomic mass is 35.5. The molecule has 88 valence electrons. The van der Waals surface area contributed by atoms with E-state index >= 15 is 0 Å². The highest BCUT2D eigenvalue weighted by molar-refractivity contribution is 6.29. The van der Waals surface area contributed by atoms with Crippen molar-refractivity contribution < 1.29 is 4.79 Å². The van der Waals surface area contributed by atoms with E-state index in [1.54, 1.807) is 30.9 Å². The van der Waals surface area contributed by atoms with E-state index in [0.29, 0.717) is 11.4 Å². The summed E-state index contributed by atoms with van der Waals surface area (Å²) in [6.07, 6.45) is 3.01. The maximum Gasteiger partial charge on any atom is 0.276 e. The molecule has 0 saturated heterocycles. The minimum Gasteiger partial charge on any atom is -0.330 e. The summed E-state index contributed by atoms with van der Waals surface area (Å²) in [7, 11) is 1.73. The molecule has 0 bridgehead atoms. The van der Waals surface area contributed by atoms with Crippen LogP contribution in [0.4, 0.5) is 5.95 Å². The highest BCUT2D eigenvalue weighted by Crippen LogP contribution is 2.10. The second-order valence-corrected chi connectivity index (χ2v) is 3.89. The Morgan fingerprint density at radius 3 is 2.82 bits per heavy atom. The van der Waals surface area contributed by atoms with Crippen LogP contribution in [0.25, 0.3) is 0 Å². The van der Waals surface area contributed by atoms with Gasteiger partial charge in [-0.1, -0.05) is 11.6 Å². The molecular formula is C10H10ClN5O. The van der Waals surface area contributed by atoms with Crippen LogP contribution in [-0.2, 0) is 7.05 Å². The van der Waals surface area contributed by atoms with Gasteiger partial charge in [0.2, 0.25) is 5.95 Å². The standard InChI is InChI=1S/C10H10ClN5O/c1-6-3-8(11)14-10(13-6)15-9(17)7-4-12-5-16(7)2/h3-5H,1-2H3,(H,13,14,15,17). The van der Waals surface area contributed by atoms with E-state index in [0.717, 1.165) is 0 Å². The Morgan fingerprint density at radius 2 is 2.24 bits per heavy atom. The molecule has 0 saturated carbocycles.